The molecule has 26 heavy (non-hydrogen) atoms. The summed E-state index contributed by atoms with van der Waals surface area (Å²) in [5, 5.41) is 7.01. The van der Waals surface area contributed by atoms with E-state index in [1.54, 1.807) is 17.6 Å². The highest BCUT2D eigenvalue weighted by Crippen LogP contribution is 2.15. The number of ether oxygens (including phenoxy) is 1. The Morgan fingerprint density at radius 3 is 2.69 bits per heavy atom. The van der Waals surface area contributed by atoms with Gasteiger partial charge >= 0.3 is 0 Å². The molecule has 1 aromatic heterocycles. The lowest BCUT2D eigenvalue weighted by Gasteiger charge is -2.32. The Morgan fingerprint density at radius 2 is 2.00 bits per heavy atom. The van der Waals surface area contributed by atoms with E-state index in [9.17, 15) is 0 Å². The van der Waals surface area contributed by atoms with Crippen LogP contribution in [0.2, 0.25) is 0 Å². The third-order valence-corrected chi connectivity index (χ3v) is 5.22. The van der Waals surface area contributed by atoms with Crippen molar-refractivity contribution in [1.29, 1.82) is 0 Å². The highest BCUT2D eigenvalue weighted by Gasteiger charge is 2.12. The van der Waals surface area contributed by atoms with E-state index in [1.807, 2.05) is 36.6 Å². The summed E-state index contributed by atoms with van der Waals surface area (Å²) in [6, 6.07) is 8.00. The molecule has 0 radical (unpaired) electrons. The molecule has 0 spiro atoms. The Morgan fingerprint density at radius 1 is 1.23 bits per heavy atom. The summed E-state index contributed by atoms with van der Waals surface area (Å²) in [5.41, 5.74) is 4.97. The molecular formula is C19H27N5OS. The van der Waals surface area contributed by atoms with Crippen molar-refractivity contribution in [1.82, 2.24) is 14.8 Å². The first kappa shape index (κ1) is 18.8. The number of aromatic nitrogens is 1. The molecule has 2 aromatic rings. The standard InChI is InChI=1S/C19H27N5OS/c1-16-15-26-19(21-16)22-20-14-17-4-6-18(7-5-17)25-13-3-8-24-11-9-23(2)10-12-24/h4-7,14-15H,3,8-13H2,1-2H3,(H,21,22). The van der Waals surface area contributed by atoms with Gasteiger partial charge < -0.3 is 14.5 Å². The van der Waals surface area contributed by atoms with Gasteiger partial charge in [0.2, 0.25) is 5.13 Å². The van der Waals surface area contributed by atoms with Crippen LogP contribution in [0.5, 0.6) is 5.75 Å². The number of thiazole rings is 1. The number of rotatable bonds is 8. The van der Waals surface area contributed by atoms with Crippen molar-refractivity contribution in [2.24, 2.45) is 5.10 Å². The Balaban J connectivity index is 1.35. The smallest absolute Gasteiger partial charge is 0.203 e. The molecular weight excluding hydrogens is 346 g/mol. The molecule has 0 aliphatic carbocycles. The summed E-state index contributed by atoms with van der Waals surface area (Å²) < 4.78 is 5.84. The van der Waals surface area contributed by atoms with Crippen LogP contribution in [0.3, 0.4) is 0 Å². The summed E-state index contributed by atoms with van der Waals surface area (Å²) in [6.45, 7) is 8.50. The van der Waals surface area contributed by atoms with Gasteiger partial charge in [0.25, 0.3) is 0 Å². The Kier molecular flexibility index (Phi) is 6.99. The zero-order valence-electron chi connectivity index (χ0n) is 15.5. The SMILES string of the molecule is Cc1csc(NN=Cc2ccc(OCCCN3CCN(C)CC3)cc2)n1. The van der Waals surface area contributed by atoms with Gasteiger partial charge in [-0.3, -0.25) is 5.43 Å². The van der Waals surface area contributed by atoms with Crippen LogP contribution in [-0.4, -0.2) is 67.4 Å². The first-order valence-corrected chi connectivity index (χ1v) is 9.92. The Hall–Kier alpha value is -1.96. The number of aryl methyl sites for hydroxylation is 1. The summed E-state index contributed by atoms with van der Waals surface area (Å²) in [7, 11) is 2.19. The van der Waals surface area contributed by atoms with Crippen LogP contribution in [0, 0.1) is 6.92 Å². The van der Waals surface area contributed by atoms with Crippen LogP contribution in [0.1, 0.15) is 17.7 Å². The summed E-state index contributed by atoms with van der Waals surface area (Å²) >= 11 is 1.55. The minimum absolute atomic E-state index is 0.755. The zero-order valence-corrected chi connectivity index (χ0v) is 16.3. The highest BCUT2D eigenvalue weighted by atomic mass is 32.1. The van der Waals surface area contributed by atoms with Crippen molar-refractivity contribution >= 4 is 22.7 Å². The van der Waals surface area contributed by atoms with E-state index < -0.39 is 0 Å². The van der Waals surface area contributed by atoms with Crippen LogP contribution in [0.25, 0.3) is 0 Å². The van der Waals surface area contributed by atoms with Gasteiger partial charge in [0.15, 0.2) is 0 Å². The van der Waals surface area contributed by atoms with Gasteiger partial charge in [-0.05, 0) is 50.2 Å². The maximum Gasteiger partial charge on any atom is 0.203 e. The molecule has 1 saturated heterocycles. The number of anilines is 1. The van der Waals surface area contributed by atoms with Crippen molar-refractivity contribution < 1.29 is 4.74 Å². The fraction of sp³-hybridized carbons (Fsp3) is 0.474. The molecule has 1 aromatic carbocycles. The van der Waals surface area contributed by atoms with E-state index in [0.717, 1.165) is 41.7 Å². The maximum atomic E-state index is 5.84. The molecule has 0 amide bonds. The van der Waals surface area contributed by atoms with E-state index in [2.05, 4.69) is 32.4 Å². The molecule has 3 rings (SSSR count). The number of likely N-dealkylation sites (N-methyl/N-ethyl adjacent to an activating group) is 1. The van der Waals surface area contributed by atoms with Crippen LogP contribution in [0.4, 0.5) is 5.13 Å². The fourth-order valence-electron chi connectivity index (χ4n) is 2.77. The molecule has 1 aliphatic rings. The molecule has 0 bridgehead atoms. The first-order chi connectivity index (χ1) is 12.7. The molecule has 1 N–H and O–H groups in total. The number of hydrazone groups is 1. The molecule has 0 atom stereocenters. The van der Waals surface area contributed by atoms with Crippen molar-refractivity contribution in [2.45, 2.75) is 13.3 Å². The summed E-state index contributed by atoms with van der Waals surface area (Å²) in [4.78, 5) is 9.20. The van der Waals surface area contributed by atoms with E-state index in [0.29, 0.717) is 0 Å². The molecule has 2 heterocycles. The Bertz CT molecular complexity index is 692. The molecule has 0 saturated carbocycles. The number of piperazine rings is 1. The monoisotopic (exact) mass is 373 g/mol. The molecule has 140 valence electrons. The number of nitrogens with zero attached hydrogens (tertiary/aromatic N) is 4. The summed E-state index contributed by atoms with van der Waals surface area (Å²) in [5.74, 6) is 0.907. The molecule has 0 unspecified atom stereocenters. The Labute approximate surface area is 159 Å². The predicted octanol–water partition coefficient (Wildman–Crippen LogP) is 2.91. The topological polar surface area (TPSA) is 53.0 Å². The van der Waals surface area contributed by atoms with Gasteiger partial charge in [0, 0.05) is 38.1 Å². The minimum atomic E-state index is 0.755. The predicted molar refractivity (Wildman–Crippen MR) is 109 cm³/mol. The number of nitrogens with one attached hydrogen (secondary N) is 1. The van der Waals surface area contributed by atoms with E-state index >= 15 is 0 Å². The van der Waals surface area contributed by atoms with Gasteiger partial charge in [0.05, 0.1) is 18.5 Å². The van der Waals surface area contributed by atoms with Crippen molar-refractivity contribution in [2.75, 3.05) is 51.8 Å². The first-order valence-electron chi connectivity index (χ1n) is 9.04. The van der Waals surface area contributed by atoms with Gasteiger partial charge in [-0.15, -0.1) is 11.3 Å². The quantitative estimate of drug-likeness (QED) is 0.438. The van der Waals surface area contributed by atoms with Crippen LogP contribution >= 0.6 is 11.3 Å². The largest absolute Gasteiger partial charge is 0.494 e. The lowest BCUT2D eigenvalue weighted by molar-refractivity contribution is 0.145. The van der Waals surface area contributed by atoms with Crippen molar-refractivity contribution in [3.8, 4) is 5.75 Å². The van der Waals surface area contributed by atoms with Crippen LogP contribution in [-0.2, 0) is 0 Å². The lowest BCUT2D eigenvalue weighted by atomic mass is 10.2. The normalized spacial score (nSPS) is 16.2. The molecule has 1 fully saturated rings. The highest BCUT2D eigenvalue weighted by molar-refractivity contribution is 7.13. The fourth-order valence-corrected chi connectivity index (χ4v) is 3.40. The van der Waals surface area contributed by atoms with Gasteiger partial charge in [-0.25, -0.2) is 4.98 Å². The summed E-state index contributed by atoms with van der Waals surface area (Å²) in [6.07, 6.45) is 2.85. The number of hydrogen-bond donors (Lipinski definition) is 1. The molecule has 7 heteroatoms. The van der Waals surface area contributed by atoms with Gasteiger partial charge in [0.1, 0.15) is 5.75 Å². The average Bonchev–Trinajstić information content (AvgIpc) is 3.07. The maximum absolute atomic E-state index is 5.84. The number of hydrogen-bond acceptors (Lipinski definition) is 7. The average molecular weight is 374 g/mol. The minimum Gasteiger partial charge on any atom is -0.494 e. The third-order valence-electron chi connectivity index (χ3n) is 4.36. The second-order valence-electron chi connectivity index (χ2n) is 6.58. The van der Waals surface area contributed by atoms with E-state index in [4.69, 9.17) is 4.74 Å². The van der Waals surface area contributed by atoms with Crippen LogP contribution < -0.4 is 10.2 Å². The zero-order chi connectivity index (χ0) is 18.2. The second kappa shape index (κ2) is 9.66. The number of benzene rings is 1. The molecule has 6 nitrogen and oxygen atoms in total. The molecule has 1 aliphatic heterocycles. The van der Waals surface area contributed by atoms with E-state index in [-0.39, 0.29) is 0 Å². The van der Waals surface area contributed by atoms with Gasteiger partial charge in [-0.1, -0.05) is 0 Å². The van der Waals surface area contributed by atoms with Crippen molar-refractivity contribution in [3.05, 3.63) is 40.9 Å². The van der Waals surface area contributed by atoms with Crippen molar-refractivity contribution in [3.63, 3.8) is 0 Å². The van der Waals surface area contributed by atoms with Crippen LogP contribution in [0.15, 0.2) is 34.7 Å². The third kappa shape index (κ3) is 6.09. The van der Waals surface area contributed by atoms with Gasteiger partial charge in [-0.2, -0.15) is 5.10 Å². The second-order valence-corrected chi connectivity index (χ2v) is 7.44. The van der Waals surface area contributed by atoms with E-state index in [1.165, 1.54) is 26.2 Å². The lowest BCUT2D eigenvalue weighted by Crippen LogP contribution is -2.44.